The highest BCUT2D eigenvalue weighted by atomic mass is 32.2. The summed E-state index contributed by atoms with van der Waals surface area (Å²) >= 11 is 0. The van der Waals surface area contributed by atoms with Gasteiger partial charge in [-0.15, -0.1) is 0 Å². The van der Waals surface area contributed by atoms with E-state index in [1.807, 2.05) is 6.07 Å². The molecule has 0 bridgehead atoms. The summed E-state index contributed by atoms with van der Waals surface area (Å²) in [4.78, 5) is 11.9. The van der Waals surface area contributed by atoms with Gasteiger partial charge in [0.1, 0.15) is 9.84 Å². The molecule has 1 rings (SSSR count). The Morgan fingerprint density at radius 1 is 1.31 bits per heavy atom. The van der Waals surface area contributed by atoms with E-state index in [1.54, 1.807) is 0 Å². The number of ketones is 1. The fourth-order valence-corrected chi connectivity index (χ4v) is 3.95. The molecule has 0 aromatic carbocycles. The molecule has 0 saturated heterocycles. The Hall–Kier alpha value is -0.890. The lowest BCUT2D eigenvalue weighted by Gasteiger charge is -2.34. The molecular formula is C11H17NO3S. The summed E-state index contributed by atoms with van der Waals surface area (Å²) in [6.07, 6.45) is 5.02. The average molecular weight is 243 g/mol. The quantitative estimate of drug-likeness (QED) is 0.749. The van der Waals surface area contributed by atoms with Gasteiger partial charge in [0, 0.05) is 11.7 Å². The molecule has 90 valence electrons. The Bertz CT molecular complexity index is 399. The molecule has 1 fully saturated rings. The first-order valence-electron chi connectivity index (χ1n) is 5.48. The van der Waals surface area contributed by atoms with Gasteiger partial charge in [0.2, 0.25) is 0 Å². The third-order valence-corrected chi connectivity index (χ3v) is 4.26. The summed E-state index contributed by atoms with van der Waals surface area (Å²) in [7, 11) is -3.18. The van der Waals surface area contributed by atoms with E-state index in [4.69, 9.17) is 5.26 Å². The van der Waals surface area contributed by atoms with Crippen LogP contribution < -0.4 is 0 Å². The Morgan fingerprint density at radius 3 is 2.31 bits per heavy atom. The van der Waals surface area contributed by atoms with E-state index in [2.05, 4.69) is 0 Å². The van der Waals surface area contributed by atoms with Crippen molar-refractivity contribution in [3.63, 3.8) is 0 Å². The van der Waals surface area contributed by atoms with Gasteiger partial charge in [0.15, 0.2) is 5.78 Å². The minimum Gasteiger partial charge on any atom is -0.298 e. The molecule has 0 radical (unpaired) electrons. The van der Waals surface area contributed by atoms with Crippen LogP contribution in [0.2, 0.25) is 0 Å². The van der Waals surface area contributed by atoms with Crippen molar-refractivity contribution in [2.75, 3.05) is 12.0 Å². The van der Waals surface area contributed by atoms with E-state index >= 15 is 0 Å². The minimum atomic E-state index is -3.18. The van der Waals surface area contributed by atoms with E-state index < -0.39 is 15.3 Å². The van der Waals surface area contributed by atoms with Gasteiger partial charge in [0.05, 0.1) is 18.2 Å². The fraction of sp³-hybridized carbons (Fsp3) is 0.818. The SMILES string of the molecule is CS(=O)(=O)CC1(C(=O)CC#N)CCCCC1. The lowest BCUT2D eigenvalue weighted by molar-refractivity contribution is -0.128. The maximum atomic E-state index is 11.9. The molecule has 0 aromatic heterocycles. The highest BCUT2D eigenvalue weighted by Crippen LogP contribution is 2.39. The van der Waals surface area contributed by atoms with Gasteiger partial charge in [0.25, 0.3) is 0 Å². The molecule has 1 aliphatic carbocycles. The molecule has 0 amide bonds. The van der Waals surface area contributed by atoms with Gasteiger partial charge < -0.3 is 0 Å². The van der Waals surface area contributed by atoms with Gasteiger partial charge in [-0.3, -0.25) is 4.79 Å². The smallest absolute Gasteiger partial charge is 0.154 e. The molecule has 1 aliphatic rings. The zero-order valence-corrected chi connectivity index (χ0v) is 10.3. The Balaban J connectivity index is 2.92. The summed E-state index contributed by atoms with van der Waals surface area (Å²) in [6.45, 7) is 0. The van der Waals surface area contributed by atoms with Gasteiger partial charge in [-0.25, -0.2) is 8.42 Å². The van der Waals surface area contributed by atoms with Crippen molar-refractivity contribution in [2.24, 2.45) is 5.41 Å². The van der Waals surface area contributed by atoms with Crippen LogP contribution in [0.25, 0.3) is 0 Å². The number of nitriles is 1. The highest BCUT2D eigenvalue weighted by Gasteiger charge is 2.41. The molecule has 0 aromatic rings. The minimum absolute atomic E-state index is 0.0967. The molecular weight excluding hydrogens is 226 g/mol. The first-order valence-corrected chi connectivity index (χ1v) is 7.54. The second kappa shape index (κ2) is 4.96. The zero-order valence-electron chi connectivity index (χ0n) is 9.53. The van der Waals surface area contributed by atoms with Crippen molar-refractivity contribution in [1.82, 2.24) is 0 Å². The van der Waals surface area contributed by atoms with E-state index in [1.165, 1.54) is 0 Å². The normalized spacial score (nSPS) is 20.0. The van der Waals surface area contributed by atoms with E-state index in [0.717, 1.165) is 25.5 Å². The summed E-state index contributed by atoms with van der Waals surface area (Å²) in [5.41, 5.74) is -0.776. The van der Waals surface area contributed by atoms with Gasteiger partial charge in [-0.2, -0.15) is 5.26 Å². The van der Waals surface area contributed by atoms with Crippen LogP contribution >= 0.6 is 0 Å². The highest BCUT2D eigenvalue weighted by molar-refractivity contribution is 7.90. The van der Waals surface area contributed by atoms with Crippen LogP contribution in [0.4, 0.5) is 0 Å². The molecule has 0 atom stereocenters. The molecule has 16 heavy (non-hydrogen) atoms. The predicted molar refractivity (Wildman–Crippen MR) is 60.5 cm³/mol. The first kappa shape index (κ1) is 13.2. The summed E-state index contributed by atoms with van der Waals surface area (Å²) in [5.74, 6) is -0.291. The number of rotatable bonds is 4. The number of hydrogen-bond donors (Lipinski definition) is 0. The first-order chi connectivity index (χ1) is 7.40. The van der Waals surface area contributed by atoms with Crippen LogP contribution in [0.15, 0.2) is 0 Å². The Morgan fingerprint density at radius 2 is 1.88 bits per heavy atom. The van der Waals surface area contributed by atoms with Crippen molar-refractivity contribution < 1.29 is 13.2 Å². The van der Waals surface area contributed by atoms with Crippen molar-refractivity contribution in [1.29, 1.82) is 5.26 Å². The number of carbonyl (C=O) groups is 1. The number of carbonyl (C=O) groups excluding carboxylic acids is 1. The van der Waals surface area contributed by atoms with Crippen LogP contribution in [0, 0.1) is 16.7 Å². The van der Waals surface area contributed by atoms with Crippen molar-refractivity contribution in [2.45, 2.75) is 38.5 Å². The standard InChI is InChI=1S/C11H17NO3S/c1-16(14,15)9-11(10(13)5-8-12)6-3-2-4-7-11/h2-7,9H2,1H3. The molecule has 0 N–H and O–H groups in total. The van der Waals surface area contributed by atoms with E-state index in [-0.39, 0.29) is 18.0 Å². The van der Waals surface area contributed by atoms with Crippen LogP contribution in [0.5, 0.6) is 0 Å². The second-order valence-corrected chi connectivity index (χ2v) is 6.81. The maximum absolute atomic E-state index is 11.9. The molecule has 0 heterocycles. The van der Waals surface area contributed by atoms with Crippen molar-refractivity contribution in [3.05, 3.63) is 0 Å². The molecule has 5 heteroatoms. The van der Waals surface area contributed by atoms with Crippen LogP contribution in [0.3, 0.4) is 0 Å². The molecule has 0 aliphatic heterocycles. The lowest BCUT2D eigenvalue weighted by atomic mass is 9.72. The van der Waals surface area contributed by atoms with Gasteiger partial charge >= 0.3 is 0 Å². The predicted octanol–water partition coefficient (Wildman–Crippen LogP) is 1.46. The van der Waals surface area contributed by atoms with Crippen LogP contribution in [-0.2, 0) is 14.6 Å². The molecule has 0 unspecified atom stereocenters. The number of Topliss-reactive ketones (excluding diaryl/α,β-unsaturated/α-hetero) is 1. The van der Waals surface area contributed by atoms with Crippen LogP contribution in [-0.4, -0.2) is 26.2 Å². The zero-order chi connectivity index (χ0) is 12.2. The summed E-state index contributed by atoms with van der Waals surface area (Å²) in [5, 5.41) is 8.56. The lowest BCUT2D eigenvalue weighted by Crippen LogP contribution is -2.39. The van der Waals surface area contributed by atoms with Crippen LogP contribution in [0.1, 0.15) is 38.5 Å². The third-order valence-electron chi connectivity index (χ3n) is 3.18. The Kier molecular flexibility index (Phi) is 4.09. The topological polar surface area (TPSA) is 75.0 Å². The number of sulfone groups is 1. The van der Waals surface area contributed by atoms with Crippen molar-refractivity contribution >= 4 is 15.6 Å². The second-order valence-electron chi connectivity index (χ2n) is 4.67. The van der Waals surface area contributed by atoms with E-state index in [0.29, 0.717) is 12.8 Å². The third kappa shape index (κ3) is 3.31. The molecule has 1 saturated carbocycles. The monoisotopic (exact) mass is 243 g/mol. The Labute approximate surface area is 96.6 Å². The summed E-state index contributed by atoms with van der Waals surface area (Å²) < 4.78 is 22.8. The number of nitrogens with zero attached hydrogens (tertiary/aromatic N) is 1. The molecule has 0 spiro atoms. The largest absolute Gasteiger partial charge is 0.298 e. The molecule has 4 nitrogen and oxygen atoms in total. The average Bonchev–Trinajstić information content (AvgIpc) is 2.17. The van der Waals surface area contributed by atoms with Gasteiger partial charge in [-0.1, -0.05) is 19.3 Å². The number of hydrogen-bond acceptors (Lipinski definition) is 4. The summed E-state index contributed by atoms with van der Waals surface area (Å²) in [6, 6.07) is 1.83. The van der Waals surface area contributed by atoms with E-state index in [9.17, 15) is 13.2 Å². The maximum Gasteiger partial charge on any atom is 0.154 e. The fourth-order valence-electron chi connectivity index (χ4n) is 2.49. The van der Waals surface area contributed by atoms with Gasteiger partial charge in [-0.05, 0) is 12.8 Å². The van der Waals surface area contributed by atoms with Crippen molar-refractivity contribution in [3.8, 4) is 6.07 Å².